The van der Waals surface area contributed by atoms with Gasteiger partial charge in [-0.05, 0) is 30.9 Å². The highest BCUT2D eigenvalue weighted by molar-refractivity contribution is 7.99. The first-order valence-electron chi connectivity index (χ1n) is 3.93. The first kappa shape index (κ1) is 9.38. The van der Waals surface area contributed by atoms with Crippen LogP contribution in [0, 0.1) is 6.92 Å². The Hall–Kier alpha value is -0.180. The highest BCUT2D eigenvalue weighted by atomic mass is 35.5. The number of hydrogen-bond donors (Lipinski definition) is 0. The van der Waals surface area contributed by atoms with Gasteiger partial charge >= 0.3 is 0 Å². The Labute approximate surface area is 90.9 Å². The number of thiophene rings is 1. The van der Waals surface area contributed by atoms with E-state index in [1.54, 1.807) is 23.1 Å². The van der Waals surface area contributed by atoms with Gasteiger partial charge in [0, 0.05) is 15.7 Å². The SMILES string of the molecule is CSc1csc2c(Cl)cc(C)cc12. The topological polar surface area (TPSA) is 0 Å². The molecule has 0 N–H and O–H groups in total. The number of aryl methyl sites for hydroxylation is 1. The van der Waals surface area contributed by atoms with Gasteiger partial charge in [-0.3, -0.25) is 0 Å². The van der Waals surface area contributed by atoms with Gasteiger partial charge < -0.3 is 0 Å². The number of hydrogen-bond acceptors (Lipinski definition) is 2. The van der Waals surface area contributed by atoms with E-state index in [1.165, 1.54) is 20.5 Å². The number of benzene rings is 1. The molecule has 0 nitrogen and oxygen atoms in total. The molecule has 0 fully saturated rings. The second kappa shape index (κ2) is 3.52. The van der Waals surface area contributed by atoms with Crippen molar-refractivity contribution in [2.45, 2.75) is 11.8 Å². The maximum atomic E-state index is 6.13. The van der Waals surface area contributed by atoms with E-state index in [-0.39, 0.29) is 0 Å². The molecule has 2 aromatic rings. The fourth-order valence-electron chi connectivity index (χ4n) is 1.37. The van der Waals surface area contributed by atoms with Gasteiger partial charge in [-0.2, -0.15) is 0 Å². The van der Waals surface area contributed by atoms with Crippen molar-refractivity contribution in [3.63, 3.8) is 0 Å². The summed E-state index contributed by atoms with van der Waals surface area (Å²) in [6, 6.07) is 4.22. The van der Waals surface area contributed by atoms with Crippen LogP contribution in [0.4, 0.5) is 0 Å². The lowest BCUT2D eigenvalue weighted by Gasteiger charge is -1.98. The van der Waals surface area contributed by atoms with Crippen LogP contribution in [0.5, 0.6) is 0 Å². The van der Waals surface area contributed by atoms with Crippen molar-refractivity contribution >= 4 is 44.8 Å². The minimum absolute atomic E-state index is 0.875. The van der Waals surface area contributed by atoms with Gasteiger partial charge in [0.2, 0.25) is 0 Å². The summed E-state index contributed by atoms with van der Waals surface area (Å²) in [6.45, 7) is 2.08. The quantitative estimate of drug-likeness (QED) is 0.644. The van der Waals surface area contributed by atoms with Gasteiger partial charge in [-0.1, -0.05) is 11.6 Å². The molecule has 0 saturated carbocycles. The van der Waals surface area contributed by atoms with E-state index in [1.807, 2.05) is 6.07 Å². The molecule has 0 amide bonds. The minimum Gasteiger partial charge on any atom is -0.141 e. The van der Waals surface area contributed by atoms with Crippen molar-refractivity contribution in [1.29, 1.82) is 0 Å². The van der Waals surface area contributed by atoms with Crippen LogP contribution < -0.4 is 0 Å². The van der Waals surface area contributed by atoms with Gasteiger partial charge in [0.1, 0.15) is 0 Å². The molecule has 0 bridgehead atoms. The summed E-state index contributed by atoms with van der Waals surface area (Å²) in [4.78, 5) is 1.32. The van der Waals surface area contributed by atoms with Crippen molar-refractivity contribution in [3.8, 4) is 0 Å². The molecule has 1 aromatic carbocycles. The lowest BCUT2D eigenvalue weighted by molar-refractivity contribution is 1.50. The minimum atomic E-state index is 0.875. The summed E-state index contributed by atoms with van der Waals surface area (Å²) in [5.74, 6) is 0. The van der Waals surface area contributed by atoms with Gasteiger partial charge in [0.05, 0.1) is 9.72 Å². The van der Waals surface area contributed by atoms with Crippen LogP contribution in [0.15, 0.2) is 22.4 Å². The van der Waals surface area contributed by atoms with Crippen LogP contribution in [0.3, 0.4) is 0 Å². The standard InChI is InChI=1S/C10H9ClS2/c1-6-3-7-9(12-2)5-13-10(7)8(11)4-6/h3-5H,1-2H3. The lowest BCUT2D eigenvalue weighted by atomic mass is 10.2. The van der Waals surface area contributed by atoms with Crippen molar-refractivity contribution in [1.82, 2.24) is 0 Å². The van der Waals surface area contributed by atoms with Crippen LogP contribution in [-0.2, 0) is 0 Å². The molecule has 13 heavy (non-hydrogen) atoms. The maximum Gasteiger partial charge on any atom is 0.0587 e. The summed E-state index contributed by atoms with van der Waals surface area (Å²) < 4.78 is 1.21. The highest BCUT2D eigenvalue weighted by Crippen LogP contribution is 2.37. The van der Waals surface area contributed by atoms with Crippen molar-refractivity contribution in [2.24, 2.45) is 0 Å². The average Bonchev–Trinajstić information content (AvgIpc) is 2.47. The van der Waals surface area contributed by atoms with E-state index < -0.39 is 0 Å². The van der Waals surface area contributed by atoms with Crippen LogP contribution in [-0.4, -0.2) is 6.26 Å². The van der Waals surface area contributed by atoms with E-state index in [0.717, 1.165) is 5.02 Å². The summed E-state index contributed by atoms with van der Waals surface area (Å²) >= 11 is 9.63. The van der Waals surface area contributed by atoms with Gasteiger partial charge in [0.15, 0.2) is 0 Å². The van der Waals surface area contributed by atoms with Gasteiger partial charge in [-0.15, -0.1) is 23.1 Å². The summed E-state index contributed by atoms with van der Waals surface area (Å²) in [5, 5.41) is 4.34. The monoisotopic (exact) mass is 228 g/mol. The van der Waals surface area contributed by atoms with Crippen LogP contribution in [0.1, 0.15) is 5.56 Å². The molecular weight excluding hydrogens is 220 g/mol. The second-order valence-corrected chi connectivity index (χ2v) is 5.06. The molecule has 0 aliphatic rings. The van der Waals surface area contributed by atoms with Gasteiger partial charge in [0.25, 0.3) is 0 Å². The largest absolute Gasteiger partial charge is 0.141 e. The molecule has 1 heterocycles. The van der Waals surface area contributed by atoms with Crippen LogP contribution in [0.25, 0.3) is 10.1 Å². The fraction of sp³-hybridized carbons (Fsp3) is 0.200. The first-order valence-corrected chi connectivity index (χ1v) is 6.42. The number of thioether (sulfide) groups is 1. The Morgan fingerprint density at radius 3 is 2.85 bits per heavy atom. The second-order valence-electron chi connectivity index (χ2n) is 2.93. The van der Waals surface area contributed by atoms with Crippen molar-refractivity contribution in [3.05, 3.63) is 28.1 Å². The summed E-state index contributed by atoms with van der Waals surface area (Å²) in [6.07, 6.45) is 2.09. The lowest BCUT2D eigenvalue weighted by Crippen LogP contribution is -1.73. The zero-order chi connectivity index (χ0) is 9.42. The molecule has 3 heteroatoms. The third-order valence-electron chi connectivity index (χ3n) is 1.96. The third-order valence-corrected chi connectivity index (χ3v) is 4.32. The van der Waals surface area contributed by atoms with E-state index in [4.69, 9.17) is 11.6 Å². The third kappa shape index (κ3) is 1.58. The Morgan fingerprint density at radius 1 is 1.38 bits per heavy atom. The molecule has 0 saturated heterocycles. The number of rotatable bonds is 1. The smallest absolute Gasteiger partial charge is 0.0587 e. The van der Waals surface area contributed by atoms with Crippen molar-refractivity contribution < 1.29 is 0 Å². The molecule has 0 unspecified atom stereocenters. The predicted molar refractivity (Wildman–Crippen MR) is 63.4 cm³/mol. The number of halogens is 1. The van der Waals surface area contributed by atoms with Crippen LogP contribution in [0.2, 0.25) is 5.02 Å². The molecule has 0 radical (unpaired) electrons. The van der Waals surface area contributed by atoms with E-state index in [0.29, 0.717) is 0 Å². The zero-order valence-electron chi connectivity index (χ0n) is 7.43. The van der Waals surface area contributed by atoms with E-state index in [9.17, 15) is 0 Å². The van der Waals surface area contributed by atoms with Crippen molar-refractivity contribution in [2.75, 3.05) is 6.26 Å². The maximum absolute atomic E-state index is 6.13. The predicted octanol–water partition coefficient (Wildman–Crippen LogP) is 4.59. The van der Waals surface area contributed by atoms with E-state index in [2.05, 4.69) is 24.6 Å². The van der Waals surface area contributed by atoms with E-state index >= 15 is 0 Å². The molecule has 2 rings (SSSR count). The van der Waals surface area contributed by atoms with Crippen LogP contribution >= 0.6 is 34.7 Å². The first-order chi connectivity index (χ1) is 6.22. The molecule has 0 spiro atoms. The molecule has 0 atom stereocenters. The summed E-state index contributed by atoms with van der Waals surface area (Å²) in [7, 11) is 0. The molecule has 68 valence electrons. The summed E-state index contributed by atoms with van der Waals surface area (Å²) in [5.41, 5.74) is 1.23. The zero-order valence-corrected chi connectivity index (χ0v) is 9.82. The highest BCUT2D eigenvalue weighted by Gasteiger charge is 2.06. The Morgan fingerprint density at radius 2 is 2.15 bits per heavy atom. The Kier molecular flexibility index (Phi) is 2.54. The molecular formula is C10H9ClS2. The normalized spacial score (nSPS) is 11.0. The fourth-order valence-corrected chi connectivity index (χ4v) is 3.57. The van der Waals surface area contributed by atoms with Gasteiger partial charge in [-0.25, -0.2) is 0 Å². The Bertz CT molecular complexity index is 445. The molecule has 1 aromatic heterocycles. The number of fused-ring (bicyclic) bond motifs is 1. The molecule has 0 aliphatic heterocycles. The average molecular weight is 229 g/mol. The Balaban J connectivity index is 2.82. The molecule has 0 aliphatic carbocycles.